The summed E-state index contributed by atoms with van der Waals surface area (Å²) in [5.41, 5.74) is 0.480. The number of alkyl halides is 1. The van der Waals surface area contributed by atoms with Crippen molar-refractivity contribution in [3.8, 4) is 0 Å². The predicted octanol–water partition coefficient (Wildman–Crippen LogP) is 3.15. The van der Waals surface area contributed by atoms with Gasteiger partial charge in [-0.1, -0.05) is 11.6 Å². The molecule has 0 aromatic heterocycles. The van der Waals surface area contributed by atoms with Crippen molar-refractivity contribution >= 4 is 28.9 Å². The molecule has 0 spiro atoms. The lowest BCUT2D eigenvalue weighted by Gasteiger charge is -2.18. The molecule has 72 valence electrons. The normalized spacial score (nSPS) is 10.2. The van der Waals surface area contributed by atoms with Crippen LogP contribution in [0.15, 0.2) is 18.2 Å². The zero-order chi connectivity index (χ0) is 9.84. The second-order valence-corrected chi connectivity index (χ2v) is 3.52. The number of benzene rings is 1. The number of nitrogens with zero attached hydrogens (tertiary/aromatic N) is 1. The first-order chi connectivity index (χ1) is 6.15. The van der Waals surface area contributed by atoms with Crippen molar-refractivity contribution in [2.24, 2.45) is 0 Å². The van der Waals surface area contributed by atoms with Crippen LogP contribution in [0.5, 0.6) is 0 Å². The van der Waals surface area contributed by atoms with E-state index in [0.717, 1.165) is 0 Å². The Morgan fingerprint density at radius 2 is 2.15 bits per heavy atom. The fourth-order valence-electron chi connectivity index (χ4n) is 1.03. The van der Waals surface area contributed by atoms with Gasteiger partial charge in [-0.25, -0.2) is 4.39 Å². The second kappa shape index (κ2) is 4.68. The lowest BCUT2D eigenvalue weighted by molar-refractivity contribution is 0.624. The Bertz CT molecular complexity index is 291. The Labute approximate surface area is 87.1 Å². The molecule has 0 unspecified atom stereocenters. The van der Waals surface area contributed by atoms with Gasteiger partial charge in [0.05, 0.1) is 5.69 Å². The van der Waals surface area contributed by atoms with Gasteiger partial charge in [-0.3, -0.25) is 0 Å². The number of hydrogen-bond donors (Lipinski definition) is 0. The minimum atomic E-state index is -0.281. The zero-order valence-electron chi connectivity index (χ0n) is 7.23. The summed E-state index contributed by atoms with van der Waals surface area (Å²) in [6, 6.07) is 4.46. The van der Waals surface area contributed by atoms with Crippen molar-refractivity contribution in [1.29, 1.82) is 0 Å². The summed E-state index contributed by atoms with van der Waals surface area (Å²) >= 11 is 11.3. The highest BCUT2D eigenvalue weighted by atomic mass is 35.5. The third kappa shape index (κ3) is 2.75. The van der Waals surface area contributed by atoms with Crippen LogP contribution in [0.25, 0.3) is 0 Å². The highest BCUT2D eigenvalue weighted by Gasteiger charge is 2.06. The molecule has 4 heteroatoms. The van der Waals surface area contributed by atoms with E-state index >= 15 is 0 Å². The molecular formula is C9H10Cl2FN. The highest BCUT2D eigenvalue weighted by molar-refractivity contribution is 6.30. The maximum atomic E-state index is 13.2. The fraction of sp³-hybridized carbons (Fsp3) is 0.333. The average Bonchev–Trinajstić information content (AvgIpc) is 2.09. The molecule has 0 amide bonds. The molecule has 0 radical (unpaired) electrons. The summed E-state index contributed by atoms with van der Waals surface area (Å²) in [7, 11) is 1.77. The van der Waals surface area contributed by atoms with Crippen LogP contribution in [-0.2, 0) is 0 Å². The summed E-state index contributed by atoms with van der Waals surface area (Å²) in [5, 5.41) is 0.526. The zero-order valence-corrected chi connectivity index (χ0v) is 8.74. The van der Waals surface area contributed by atoms with Crippen LogP contribution in [-0.4, -0.2) is 19.5 Å². The first kappa shape index (κ1) is 10.6. The van der Waals surface area contributed by atoms with Gasteiger partial charge in [0.2, 0.25) is 0 Å². The molecule has 0 aliphatic carbocycles. The van der Waals surface area contributed by atoms with E-state index in [1.165, 1.54) is 12.1 Å². The minimum absolute atomic E-state index is 0.281. The largest absolute Gasteiger partial charge is 0.371 e. The van der Waals surface area contributed by atoms with Gasteiger partial charge >= 0.3 is 0 Å². The molecule has 0 heterocycles. The van der Waals surface area contributed by atoms with Crippen LogP contribution >= 0.6 is 23.2 Å². The van der Waals surface area contributed by atoms with Gasteiger partial charge in [0, 0.05) is 24.5 Å². The fourth-order valence-corrected chi connectivity index (χ4v) is 1.45. The lowest BCUT2D eigenvalue weighted by atomic mass is 10.3. The molecule has 0 aliphatic heterocycles. The van der Waals surface area contributed by atoms with Crippen LogP contribution in [0.4, 0.5) is 10.1 Å². The summed E-state index contributed by atoms with van der Waals surface area (Å²) < 4.78 is 13.2. The molecule has 1 aromatic rings. The van der Waals surface area contributed by atoms with E-state index in [1.54, 1.807) is 18.0 Å². The van der Waals surface area contributed by atoms with Crippen LogP contribution in [0.3, 0.4) is 0 Å². The van der Waals surface area contributed by atoms with Crippen molar-refractivity contribution in [3.05, 3.63) is 29.0 Å². The molecule has 0 N–H and O–H groups in total. The first-order valence-electron chi connectivity index (χ1n) is 3.87. The second-order valence-electron chi connectivity index (χ2n) is 2.71. The third-order valence-electron chi connectivity index (χ3n) is 1.74. The van der Waals surface area contributed by atoms with Crippen LogP contribution in [0, 0.1) is 5.82 Å². The van der Waals surface area contributed by atoms with Gasteiger partial charge < -0.3 is 4.90 Å². The summed E-state index contributed by atoms with van der Waals surface area (Å²) in [6.45, 7) is 0.596. The number of anilines is 1. The van der Waals surface area contributed by atoms with E-state index in [4.69, 9.17) is 23.2 Å². The van der Waals surface area contributed by atoms with E-state index in [0.29, 0.717) is 23.1 Å². The Morgan fingerprint density at radius 3 is 2.77 bits per heavy atom. The quantitative estimate of drug-likeness (QED) is 0.710. The smallest absolute Gasteiger partial charge is 0.146 e. The van der Waals surface area contributed by atoms with E-state index in [9.17, 15) is 4.39 Å². The maximum Gasteiger partial charge on any atom is 0.146 e. The molecule has 0 aliphatic rings. The van der Waals surface area contributed by atoms with Gasteiger partial charge in [0.1, 0.15) is 5.82 Å². The maximum absolute atomic E-state index is 13.2. The van der Waals surface area contributed by atoms with E-state index in [2.05, 4.69) is 0 Å². The SMILES string of the molecule is CN(CCCl)c1cc(Cl)ccc1F. The van der Waals surface area contributed by atoms with Crippen LogP contribution < -0.4 is 4.90 Å². The Hall–Kier alpha value is -0.470. The lowest BCUT2D eigenvalue weighted by Crippen LogP contribution is -2.20. The number of hydrogen-bond acceptors (Lipinski definition) is 1. The topological polar surface area (TPSA) is 3.24 Å². The summed E-state index contributed by atoms with van der Waals surface area (Å²) in [4.78, 5) is 1.73. The van der Waals surface area contributed by atoms with Gasteiger partial charge in [0.25, 0.3) is 0 Å². The Morgan fingerprint density at radius 1 is 1.46 bits per heavy atom. The number of rotatable bonds is 3. The molecule has 1 rings (SSSR count). The Kier molecular flexibility index (Phi) is 3.82. The molecule has 1 aromatic carbocycles. The molecule has 13 heavy (non-hydrogen) atoms. The van der Waals surface area contributed by atoms with Gasteiger partial charge in [0.15, 0.2) is 0 Å². The molecule has 0 atom stereocenters. The van der Waals surface area contributed by atoms with Crippen LogP contribution in [0.2, 0.25) is 5.02 Å². The molecular weight excluding hydrogens is 212 g/mol. The van der Waals surface area contributed by atoms with E-state index < -0.39 is 0 Å². The predicted molar refractivity (Wildman–Crippen MR) is 55.4 cm³/mol. The van der Waals surface area contributed by atoms with Crippen LogP contribution in [0.1, 0.15) is 0 Å². The molecule has 0 bridgehead atoms. The monoisotopic (exact) mass is 221 g/mol. The minimum Gasteiger partial charge on any atom is -0.371 e. The Balaban J connectivity index is 2.91. The van der Waals surface area contributed by atoms with Gasteiger partial charge in [-0.2, -0.15) is 0 Å². The average molecular weight is 222 g/mol. The standard InChI is InChI=1S/C9H10Cl2FN/c1-13(5-4-10)9-6-7(11)2-3-8(9)12/h2-3,6H,4-5H2,1H3. The summed E-state index contributed by atoms with van der Waals surface area (Å²) in [5.74, 6) is 0.180. The van der Waals surface area contributed by atoms with Crippen molar-refractivity contribution < 1.29 is 4.39 Å². The third-order valence-corrected chi connectivity index (χ3v) is 2.14. The van der Waals surface area contributed by atoms with E-state index in [1.807, 2.05) is 0 Å². The van der Waals surface area contributed by atoms with Gasteiger partial charge in [-0.15, -0.1) is 11.6 Å². The molecule has 0 fully saturated rings. The molecule has 0 saturated heterocycles. The molecule has 0 saturated carbocycles. The molecule has 1 nitrogen and oxygen atoms in total. The van der Waals surface area contributed by atoms with Crippen molar-refractivity contribution in [3.63, 3.8) is 0 Å². The highest BCUT2D eigenvalue weighted by Crippen LogP contribution is 2.22. The first-order valence-corrected chi connectivity index (χ1v) is 4.78. The van der Waals surface area contributed by atoms with Crippen molar-refractivity contribution in [2.75, 3.05) is 24.4 Å². The van der Waals surface area contributed by atoms with E-state index in [-0.39, 0.29) is 5.82 Å². The number of halogens is 3. The van der Waals surface area contributed by atoms with Crippen molar-refractivity contribution in [1.82, 2.24) is 0 Å². The van der Waals surface area contributed by atoms with Gasteiger partial charge in [-0.05, 0) is 18.2 Å². The summed E-state index contributed by atoms with van der Waals surface area (Å²) in [6.07, 6.45) is 0. The van der Waals surface area contributed by atoms with Crippen molar-refractivity contribution in [2.45, 2.75) is 0 Å².